The van der Waals surface area contributed by atoms with E-state index in [0.29, 0.717) is 19.1 Å². The van der Waals surface area contributed by atoms with Gasteiger partial charge in [0.25, 0.3) is 0 Å². The second kappa shape index (κ2) is 17.0. The third-order valence-electron chi connectivity index (χ3n) is 5.80. The average Bonchev–Trinajstić information content (AvgIpc) is 2.89. The Morgan fingerprint density at radius 1 is 1.13 bits per heavy atom. The van der Waals surface area contributed by atoms with E-state index in [9.17, 15) is 19.2 Å². The van der Waals surface area contributed by atoms with Crippen molar-refractivity contribution >= 4 is 24.2 Å². The van der Waals surface area contributed by atoms with Crippen molar-refractivity contribution in [2.45, 2.75) is 84.4 Å². The third kappa shape index (κ3) is 13.1. The van der Waals surface area contributed by atoms with Gasteiger partial charge in [-0.3, -0.25) is 14.5 Å². The molecule has 0 saturated carbocycles. The quantitative estimate of drug-likeness (QED) is 0.239. The van der Waals surface area contributed by atoms with Gasteiger partial charge in [0.1, 0.15) is 24.5 Å². The first-order valence-electron chi connectivity index (χ1n) is 13.5. The molecule has 8 nitrogen and oxygen atoms in total. The Balaban J connectivity index is 3.17. The van der Waals surface area contributed by atoms with E-state index >= 15 is 0 Å². The number of hydrogen-bond acceptors (Lipinski definition) is 5. The van der Waals surface area contributed by atoms with E-state index in [4.69, 9.17) is 4.74 Å². The maximum atomic E-state index is 13.3. The molecule has 2 unspecified atom stereocenters. The molecule has 8 heteroatoms. The number of hydrogen-bond donors (Lipinski definition) is 2. The zero-order chi connectivity index (χ0) is 29.4. The predicted molar refractivity (Wildman–Crippen MR) is 155 cm³/mol. The van der Waals surface area contributed by atoms with Crippen LogP contribution >= 0.6 is 0 Å². The van der Waals surface area contributed by atoms with E-state index in [1.807, 2.05) is 63.3 Å². The second-order valence-electron chi connectivity index (χ2n) is 10.5. The highest BCUT2D eigenvalue weighted by Gasteiger charge is 2.28. The van der Waals surface area contributed by atoms with Gasteiger partial charge in [-0.15, -0.1) is 0 Å². The minimum Gasteiger partial charge on any atom is -0.444 e. The third-order valence-corrected chi connectivity index (χ3v) is 5.80. The Kier molecular flexibility index (Phi) is 14.6. The summed E-state index contributed by atoms with van der Waals surface area (Å²) in [5, 5.41) is 5.47. The van der Waals surface area contributed by atoms with Crippen LogP contribution in [0.25, 0.3) is 0 Å². The van der Waals surface area contributed by atoms with E-state index in [2.05, 4.69) is 17.2 Å². The molecule has 39 heavy (non-hydrogen) atoms. The molecule has 0 aliphatic rings. The van der Waals surface area contributed by atoms with Gasteiger partial charge in [-0.05, 0) is 51.2 Å². The van der Waals surface area contributed by atoms with Crippen molar-refractivity contribution in [1.29, 1.82) is 0 Å². The number of benzene rings is 1. The van der Waals surface area contributed by atoms with Crippen molar-refractivity contribution in [3.8, 4) is 0 Å². The van der Waals surface area contributed by atoms with Crippen LogP contribution < -0.4 is 10.6 Å². The molecule has 0 radical (unpaired) electrons. The molecular weight excluding hydrogens is 494 g/mol. The van der Waals surface area contributed by atoms with Gasteiger partial charge in [0.15, 0.2) is 0 Å². The lowest BCUT2D eigenvalue weighted by Gasteiger charge is -2.30. The summed E-state index contributed by atoms with van der Waals surface area (Å²) in [7, 11) is 0. The highest BCUT2D eigenvalue weighted by Crippen LogP contribution is 2.18. The van der Waals surface area contributed by atoms with Crippen LogP contribution in [-0.2, 0) is 19.1 Å². The van der Waals surface area contributed by atoms with E-state index in [1.165, 1.54) is 4.90 Å². The molecule has 0 bridgehead atoms. The van der Waals surface area contributed by atoms with Gasteiger partial charge in [0, 0.05) is 13.0 Å². The number of nitrogens with one attached hydrogen (secondary N) is 2. The van der Waals surface area contributed by atoms with Crippen molar-refractivity contribution in [3.63, 3.8) is 0 Å². The van der Waals surface area contributed by atoms with Crippen LogP contribution in [0.5, 0.6) is 0 Å². The molecule has 2 N–H and O–H groups in total. The maximum absolute atomic E-state index is 13.3. The molecule has 0 heterocycles. The van der Waals surface area contributed by atoms with Crippen LogP contribution in [0.1, 0.15) is 72.3 Å². The summed E-state index contributed by atoms with van der Waals surface area (Å²) in [6.45, 7) is 14.8. The van der Waals surface area contributed by atoms with Crippen LogP contribution in [0.3, 0.4) is 0 Å². The summed E-state index contributed by atoms with van der Waals surface area (Å²) in [5.74, 6) is -1.07. The lowest BCUT2D eigenvalue weighted by Crippen LogP contribution is -2.53. The SMILES string of the molecule is C=C/C(=C\C=C/C)CC(NC(=O)CN(CC(C)c1ccccc1)C(=O)OC(C)(C)C)C(=O)N[C@@H](C=O)CCC. The predicted octanol–water partition coefficient (Wildman–Crippen LogP) is 5.07. The molecular formula is C31H45N3O5. The molecule has 0 spiro atoms. The molecule has 1 rings (SSSR count). The highest BCUT2D eigenvalue weighted by atomic mass is 16.6. The largest absolute Gasteiger partial charge is 0.444 e. The minimum atomic E-state index is -0.974. The molecule has 1 aromatic carbocycles. The fourth-order valence-electron chi connectivity index (χ4n) is 3.81. The van der Waals surface area contributed by atoms with Gasteiger partial charge in [-0.1, -0.05) is 81.5 Å². The van der Waals surface area contributed by atoms with Crippen molar-refractivity contribution in [3.05, 3.63) is 72.4 Å². The maximum Gasteiger partial charge on any atom is 0.410 e. The molecule has 0 aromatic heterocycles. The van der Waals surface area contributed by atoms with Crippen molar-refractivity contribution in [1.82, 2.24) is 15.5 Å². The van der Waals surface area contributed by atoms with Gasteiger partial charge in [0.2, 0.25) is 11.8 Å². The van der Waals surface area contributed by atoms with Gasteiger partial charge in [-0.25, -0.2) is 4.79 Å². The summed E-state index contributed by atoms with van der Waals surface area (Å²) >= 11 is 0. The number of amides is 3. The lowest BCUT2D eigenvalue weighted by atomic mass is 10.0. The number of carbonyl (C=O) groups is 4. The summed E-state index contributed by atoms with van der Waals surface area (Å²) in [6.07, 6.45) is 8.51. The Morgan fingerprint density at radius 2 is 1.79 bits per heavy atom. The number of ether oxygens (including phenoxy) is 1. The molecule has 0 aliphatic carbocycles. The van der Waals surface area contributed by atoms with Crippen LogP contribution in [0.2, 0.25) is 0 Å². The Labute approximate surface area is 233 Å². The zero-order valence-electron chi connectivity index (χ0n) is 24.2. The summed E-state index contributed by atoms with van der Waals surface area (Å²) in [5.41, 5.74) is 1.00. The molecule has 3 amide bonds. The average molecular weight is 540 g/mol. The molecule has 0 aliphatic heterocycles. The number of carbonyl (C=O) groups excluding carboxylic acids is 4. The summed E-state index contributed by atoms with van der Waals surface area (Å²) in [6, 6.07) is 8.06. The van der Waals surface area contributed by atoms with Crippen LogP contribution in [0, 0.1) is 0 Å². The molecule has 3 atom stereocenters. The first-order valence-corrected chi connectivity index (χ1v) is 13.5. The smallest absolute Gasteiger partial charge is 0.410 e. The highest BCUT2D eigenvalue weighted by molar-refractivity contribution is 5.90. The van der Waals surface area contributed by atoms with E-state index in [-0.39, 0.29) is 25.4 Å². The Bertz CT molecular complexity index is 1010. The van der Waals surface area contributed by atoms with Crippen LogP contribution in [0.15, 0.2) is 66.8 Å². The molecule has 0 saturated heterocycles. The van der Waals surface area contributed by atoms with Crippen molar-refractivity contribution in [2.75, 3.05) is 13.1 Å². The van der Waals surface area contributed by atoms with Crippen LogP contribution in [0.4, 0.5) is 4.79 Å². The van der Waals surface area contributed by atoms with Gasteiger partial charge < -0.3 is 20.2 Å². The Morgan fingerprint density at radius 3 is 2.33 bits per heavy atom. The van der Waals surface area contributed by atoms with Crippen molar-refractivity contribution < 1.29 is 23.9 Å². The number of nitrogens with zero attached hydrogens (tertiary/aromatic N) is 1. The first kappa shape index (κ1) is 33.3. The fraction of sp³-hybridized carbons (Fsp3) is 0.484. The minimum absolute atomic E-state index is 0.0656. The monoisotopic (exact) mass is 539 g/mol. The molecule has 214 valence electrons. The van der Waals surface area contributed by atoms with Crippen molar-refractivity contribution in [2.24, 2.45) is 0 Å². The van der Waals surface area contributed by atoms with Gasteiger partial charge >= 0.3 is 6.09 Å². The van der Waals surface area contributed by atoms with E-state index in [0.717, 1.165) is 11.1 Å². The number of allylic oxidation sites excluding steroid dienone is 4. The van der Waals surface area contributed by atoms with Gasteiger partial charge in [0.05, 0.1) is 6.04 Å². The zero-order valence-corrected chi connectivity index (χ0v) is 24.2. The lowest BCUT2D eigenvalue weighted by molar-refractivity contribution is -0.130. The van der Waals surface area contributed by atoms with Crippen LogP contribution in [-0.4, -0.2) is 59.9 Å². The van der Waals surface area contributed by atoms with E-state index in [1.54, 1.807) is 32.9 Å². The first-order chi connectivity index (χ1) is 18.4. The topological polar surface area (TPSA) is 105 Å². The molecule has 1 aromatic rings. The Hall–Kier alpha value is -3.68. The molecule has 0 fully saturated rings. The van der Waals surface area contributed by atoms with E-state index < -0.39 is 35.6 Å². The number of aldehydes is 1. The summed E-state index contributed by atoms with van der Waals surface area (Å²) < 4.78 is 5.57. The number of rotatable bonds is 15. The fourth-order valence-corrected chi connectivity index (χ4v) is 3.81. The normalized spacial score (nSPS) is 14.2. The standard InChI is InChI=1S/C31H45N3O5/c1-8-11-16-24(10-3)19-27(29(37)32-26(22-35)15-9-2)33-28(36)21-34(30(38)39-31(5,6)7)20-23(4)25-17-13-12-14-18-25/h8,10-14,16-18,22-23,26-27H,3,9,15,19-21H2,1-2,4-7H3,(H,32,37)(H,33,36)/b11-8-,24-16+/t23?,26-,27?/m1/s1. The summed E-state index contributed by atoms with van der Waals surface area (Å²) in [4.78, 5) is 52.3. The van der Waals surface area contributed by atoms with Gasteiger partial charge in [-0.2, -0.15) is 0 Å². The second-order valence-corrected chi connectivity index (χ2v) is 10.5.